The molecule has 0 heterocycles. The largest absolute Gasteiger partial charge is 0.399 e. The fraction of sp³-hybridized carbons (Fsp3) is 0.286. The van der Waals surface area contributed by atoms with Gasteiger partial charge in [-0.2, -0.15) is 0 Å². The molecule has 0 spiro atoms. The van der Waals surface area contributed by atoms with Crippen molar-refractivity contribution in [3.8, 4) is 0 Å². The Labute approximate surface area is 112 Å². The lowest BCUT2D eigenvalue weighted by Crippen LogP contribution is -2.47. The Hall–Kier alpha value is -2.30. The van der Waals surface area contributed by atoms with Gasteiger partial charge in [0.25, 0.3) is 0 Å². The van der Waals surface area contributed by atoms with E-state index in [1.807, 2.05) is 19.9 Å². The predicted molar refractivity (Wildman–Crippen MR) is 75.9 cm³/mol. The van der Waals surface area contributed by atoms with Crippen molar-refractivity contribution in [3.05, 3.63) is 35.9 Å². The fourth-order valence-corrected chi connectivity index (χ4v) is 1.60. The maximum Gasteiger partial charge on any atom is 0.244 e. The summed E-state index contributed by atoms with van der Waals surface area (Å²) in [6.07, 6.45) is 2.98. The van der Waals surface area contributed by atoms with E-state index in [4.69, 9.17) is 11.5 Å². The molecule has 0 saturated heterocycles. The van der Waals surface area contributed by atoms with E-state index < -0.39 is 11.9 Å². The normalized spacial score (nSPS) is 12.6. The van der Waals surface area contributed by atoms with Crippen LogP contribution in [0.3, 0.4) is 0 Å². The second-order valence-electron chi connectivity index (χ2n) is 4.64. The van der Waals surface area contributed by atoms with Crippen LogP contribution in [0.25, 0.3) is 6.08 Å². The molecule has 1 unspecified atom stereocenters. The molecule has 1 rings (SSSR count). The van der Waals surface area contributed by atoms with E-state index in [9.17, 15) is 9.59 Å². The molecule has 1 atom stereocenters. The molecule has 0 aromatic heterocycles. The zero-order valence-electron chi connectivity index (χ0n) is 11.1. The fourth-order valence-electron chi connectivity index (χ4n) is 1.60. The maximum absolute atomic E-state index is 11.7. The van der Waals surface area contributed by atoms with Gasteiger partial charge in [-0.1, -0.05) is 26.0 Å². The number of benzene rings is 1. The van der Waals surface area contributed by atoms with Crippen molar-refractivity contribution >= 4 is 23.6 Å². The average molecular weight is 261 g/mol. The molecule has 5 heteroatoms. The van der Waals surface area contributed by atoms with Gasteiger partial charge in [-0.25, -0.2) is 0 Å². The van der Waals surface area contributed by atoms with Crippen LogP contribution in [0.1, 0.15) is 19.4 Å². The molecule has 5 nitrogen and oxygen atoms in total. The lowest BCUT2D eigenvalue weighted by Gasteiger charge is -2.17. The molecule has 2 amide bonds. The summed E-state index contributed by atoms with van der Waals surface area (Å²) in [5, 5.41) is 2.57. The smallest absolute Gasteiger partial charge is 0.244 e. The van der Waals surface area contributed by atoms with Crippen LogP contribution >= 0.6 is 0 Å². The van der Waals surface area contributed by atoms with Crippen LogP contribution in [0.5, 0.6) is 0 Å². The molecule has 0 aliphatic rings. The van der Waals surface area contributed by atoms with Gasteiger partial charge < -0.3 is 16.8 Å². The number of anilines is 1. The lowest BCUT2D eigenvalue weighted by atomic mass is 10.0. The molecule has 0 saturated carbocycles. The van der Waals surface area contributed by atoms with E-state index in [0.717, 1.165) is 5.56 Å². The van der Waals surface area contributed by atoms with Gasteiger partial charge in [0.2, 0.25) is 11.8 Å². The molecular weight excluding hydrogens is 242 g/mol. The Morgan fingerprint density at radius 2 is 2.00 bits per heavy atom. The summed E-state index contributed by atoms with van der Waals surface area (Å²) >= 11 is 0. The summed E-state index contributed by atoms with van der Waals surface area (Å²) in [6.45, 7) is 3.63. The summed E-state index contributed by atoms with van der Waals surface area (Å²) in [4.78, 5) is 22.8. The van der Waals surface area contributed by atoms with Gasteiger partial charge in [-0.05, 0) is 29.7 Å². The number of hydrogen-bond donors (Lipinski definition) is 3. The molecule has 0 aliphatic carbocycles. The highest BCUT2D eigenvalue weighted by atomic mass is 16.2. The van der Waals surface area contributed by atoms with Crippen LogP contribution in [-0.2, 0) is 9.59 Å². The summed E-state index contributed by atoms with van der Waals surface area (Å²) in [7, 11) is 0. The summed E-state index contributed by atoms with van der Waals surface area (Å²) < 4.78 is 0. The Kier molecular flexibility index (Phi) is 5.11. The number of amides is 2. The second kappa shape index (κ2) is 6.58. The Morgan fingerprint density at radius 1 is 1.32 bits per heavy atom. The van der Waals surface area contributed by atoms with Gasteiger partial charge in [0.05, 0.1) is 0 Å². The van der Waals surface area contributed by atoms with E-state index in [1.165, 1.54) is 6.08 Å². The van der Waals surface area contributed by atoms with Gasteiger partial charge in [-0.15, -0.1) is 0 Å². The quantitative estimate of drug-likeness (QED) is 0.542. The number of rotatable bonds is 5. The van der Waals surface area contributed by atoms with E-state index in [1.54, 1.807) is 24.3 Å². The predicted octanol–water partition coefficient (Wildman–Crippen LogP) is 0.908. The van der Waals surface area contributed by atoms with Crippen LogP contribution in [0.4, 0.5) is 5.69 Å². The van der Waals surface area contributed by atoms with Crippen LogP contribution in [0.15, 0.2) is 30.3 Å². The number of carbonyl (C=O) groups excluding carboxylic acids is 2. The zero-order valence-corrected chi connectivity index (χ0v) is 11.1. The van der Waals surface area contributed by atoms with Crippen molar-refractivity contribution in [2.24, 2.45) is 11.7 Å². The highest BCUT2D eigenvalue weighted by molar-refractivity contribution is 5.95. The van der Waals surface area contributed by atoms with Crippen LogP contribution in [-0.4, -0.2) is 17.9 Å². The Balaban J connectivity index is 2.67. The van der Waals surface area contributed by atoms with E-state index >= 15 is 0 Å². The van der Waals surface area contributed by atoms with Crippen molar-refractivity contribution in [2.45, 2.75) is 19.9 Å². The van der Waals surface area contributed by atoms with Crippen molar-refractivity contribution in [1.82, 2.24) is 5.32 Å². The van der Waals surface area contributed by atoms with E-state index in [0.29, 0.717) is 5.69 Å². The molecule has 0 bridgehead atoms. The molecular formula is C14H19N3O2. The minimum atomic E-state index is -0.669. The van der Waals surface area contributed by atoms with Crippen LogP contribution in [0.2, 0.25) is 0 Å². The summed E-state index contributed by atoms with van der Waals surface area (Å²) in [5.74, 6) is -0.956. The summed E-state index contributed by atoms with van der Waals surface area (Å²) in [5.41, 5.74) is 12.3. The zero-order chi connectivity index (χ0) is 14.4. The SMILES string of the molecule is CC(C)C(NC(=O)/C=C/c1cccc(N)c1)C(N)=O. The van der Waals surface area contributed by atoms with E-state index in [2.05, 4.69) is 5.32 Å². The van der Waals surface area contributed by atoms with Gasteiger partial charge >= 0.3 is 0 Å². The van der Waals surface area contributed by atoms with Gasteiger partial charge in [-0.3, -0.25) is 9.59 Å². The van der Waals surface area contributed by atoms with Crippen molar-refractivity contribution in [1.29, 1.82) is 0 Å². The third kappa shape index (κ3) is 4.83. The number of nitrogen functional groups attached to an aromatic ring is 1. The van der Waals surface area contributed by atoms with Crippen molar-refractivity contribution in [2.75, 3.05) is 5.73 Å². The van der Waals surface area contributed by atoms with Crippen molar-refractivity contribution in [3.63, 3.8) is 0 Å². The van der Waals surface area contributed by atoms with Gasteiger partial charge in [0.15, 0.2) is 0 Å². The van der Waals surface area contributed by atoms with Gasteiger partial charge in [0, 0.05) is 11.8 Å². The number of carbonyl (C=O) groups is 2. The van der Waals surface area contributed by atoms with E-state index in [-0.39, 0.29) is 11.8 Å². The first-order valence-corrected chi connectivity index (χ1v) is 6.03. The number of hydrogen-bond acceptors (Lipinski definition) is 3. The first-order valence-electron chi connectivity index (χ1n) is 6.03. The number of nitrogens with one attached hydrogen (secondary N) is 1. The minimum Gasteiger partial charge on any atom is -0.399 e. The molecule has 0 radical (unpaired) electrons. The summed E-state index contributed by atoms with van der Waals surface area (Å²) in [6, 6.07) is 6.47. The third-order valence-corrected chi connectivity index (χ3v) is 2.61. The molecule has 1 aromatic carbocycles. The molecule has 0 aliphatic heterocycles. The monoisotopic (exact) mass is 261 g/mol. The average Bonchev–Trinajstić information content (AvgIpc) is 2.32. The minimum absolute atomic E-state index is 0.0535. The first kappa shape index (κ1) is 14.8. The molecule has 1 aromatic rings. The first-order chi connectivity index (χ1) is 8.90. The lowest BCUT2D eigenvalue weighted by molar-refractivity contribution is -0.126. The van der Waals surface area contributed by atoms with Crippen LogP contribution in [0, 0.1) is 5.92 Å². The number of nitrogens with two attached hydrogens (primary N) is 2. The van der Waals surface area contributed by atoms with Crippen molar-refractivity contribution < 1.29 is 9.59 Å². The topological polar surface area (TPSA) is 98.2 Å². The highest BCUT2D eigenvalue weighted by Crippen LogP contribution is 2.08. The highest BCUT2D eigenvalue weighted by Gasteiger charge is 2.20. The molecule has 5 N–H and O–H groups in total. The third-order valence-electron chi connectivity index (χ3n) is 2.61. The Morgan fingerprint density at radius 3 is 2.53 bits per heavy atom. The standard InChI is InChI=1S/C14H19N3O2/c1-9(2)13(14(16)19)17-12(18)7-6-10-4-3-5-11(15)8-10/h3-9,13H,15H2,1-2H3,(H2,16,19)(H,17,18)/b7-6+. The maximum atomic E-state index is 11.7. The number of primary amides is 1. The van der Waals surface area contributed by atoms with Gasteiger partial charge in [0.1, 0.15) is 6.04 Å². The molecule has 19 heavy (non-hydrogen) atoms. The van der Waals surface area contributed by atoms with Crippen LogP contribution < -0.4 is 16.8 Å². The Bertz CT molecular complexity index is 495. The molecule has 102 valence electrons. The second-order valence-corrected chi connectivity index (χ2v) is 4.64. The molecule has 0 fully saturated rings.